The fourth-order valence-electron chi connectivity index (χ4n) is 2.81. The zero-order valence-corrected chi connectivity index (χ0v) is 16.3. The van der Waals surface area contributed by atoms with Crippen LogP contribution in [-0.2, 0) is 9.53 Å². The van der Waals surface area contributed by atoms with Gasteiger partial charge in [0.2, 0.25) is 0 Å². The van der Waals surface area contributed by atoms with Gasteiger partial charge in [0.25, 0.3) is 0 Å². The third-order valence-corrected chi connectivity index (χ3v) is 4.59. The number of carbonyl (C=O) groups excluding carboxylic acids is 1. The van der Waals surface area contributed by atoms with Gasteiger partial charge >= 0.3 is 5.97 Å². The first kappa shape index (κ1) is 22.8. The monoisotopic (exact) mass is 346 g/mol. The molecule has 0 radical (unpaired) electrons. The Kier molecular flexibility index (Phi) is 17.9. The summed E-state index contributed by atoms with van der Waals surface area (Å²) in [5, 5.41) is 0. The highest BCUT2D eigenvalue weighted by atomic mass is 35.5. The first-order valence-electron chi connectivity index (χ1n) is 10.00. The van der Waals surface area contributed by atoms with Crippen LogP contribution in [0.5, 0.6) is 0 Å². The molecule has 1 atom stereocenters. The Balaban J connectivity index is 3.75. The Labute approximate surface area is 149 Å². The molecule has 0 saturated carbocycles. The normalized spacial score (nSPS) is 12.3. The lowest BCUT2D eigenvalue weighted by molar-refractivity contribution is -0.150. The second kappa shape index (κ2) is 18.1. The van der Waals surface area contributed by atoms with Gasteiger partial charge in [0.15, 0.2) is 0 Å². The highest BCUT2D eigenvalue weighted by Gasteiger charge is 2.13. The summed E-state index contributed by atoms with van der Waals surface area (Å²) in [6.45, 7) is 4.45. The minimum absolute atomic E-state index is 0.0317. The number of unbranched alkanes of at least 4 members (excludes halogenated alkanes) is 9. The van der Waals surface area contributed by atoms with Gasteiger partial charge in [-0.15, -0.1) is 11.6 Å². The molecule has 0 saturated heterocycles. The molecule has 1 unspecified atom stereocenters. The molecule has 0 fully saturated rings. The molecule has 0 heterocycles. The van der Waals surface area contributed by atoms with Crippen LogP contribution in [0.1, 0.15) is 110 Å². The molecule has 0 aromatic heterocycles. The van der Waals surface area contributed by atoms with Crippen molar-refractivity contribution in [3.05, 3.63) is 0 Å². The smallest absolute Gasteiger partial charge is 0.306 e. The molecule has 138 valence electrons. The Bertz CT molecular complexity index is 256. The van der Waals surface area contributed by atoms with E-state index in [1.54, 1.807) is 0 Å². The first-order chi connectivity index (χ1) is 11.2. The molecule has 0 aliphatic rings. The predicted octanol–water partition coefficient (Wildman–Crippen LogP) is 7.03. The quantitative estimate of drug-likeness (QED) is 0.160. The first-order valence-corrected chi connectivity index (χ1v) is 10.5. The van der Waals surface area contributed by atoms with Crippen molar-refractivity contribution < 1.29 is 9.53 Å². The van der Waals surface area contributed by atoms with Crippen LogP contribution in [0, 0.1) is 0 Å². The Morgan fingerprint density at radius 1 is 0.783 bits per heavy atom. The van der Waals surface area contributed by atoms with Crippen molar-refractivity contribution in [1.82, 2.24) is 0 Å². The number of hydrogen-bond donors (Lipinski definition) is 0. The van der Waals surface area contributed by atoms with E-state index in [1.165, 1.54) is 51.4 Å². The average molecular weight is 347 g/mol. The van der Waals surface area contributed by atoms with Crippen LogP contribution in [0.25, 0.3) is 0 Å². The van der Waals surface area contributed by atoms with Gasteiger partial charge in [0, 0.05) is 12.3 Å². The topological polar surface area (TPSA) is 26.3 Å². The summed E-state index contributed by atoms with van der Waals surface area (Å²) >= 11 is 5.65. The molecule has 0 aliphatic carbocycles. The molecule has 0 N–H and O–H groups in total. The molecule has 0 bridgehead atoms. The minimum Gasteiger partial charge on any atom is -0.462 e. The maximum Gasteiger partial charge on any atom is 0.306 e. The summed E-state index contributed by atoms with van der Waals surface area (Å²) in [6.07, 6.45) is 17.4. The molecule has 0 spiro atoms. The molecule has 3 heteroatoms. The molecule has 0 amide bonds. The van der Waals surface area contributed by atoms with E-state index in [9.17, 15) is 4.79 Å². The summed E-state index contributed by atoms with van der Waals surface area (Å²) in [7, 11) is 0. The maximum atomic E-state index is 11.9. The highest BCUT2D eigenvalue weighted by Crippen LogP contribution is 2.16. The Morgan fingerprint density at radius 2 is 1.35 bits per heavy atom. The standard InChI is InChI=1S/C20H39ClO2/c1-3-5-7-8-9-10-11-12-16-19(15-6-4-2)23-20(22)17-13-14-18-21/h19H,3-18H2,1-2H3. The average Bonchev–Trinajstić information content (AvgIpc) is 2.55. The van der Waals surface area contributed by atoms with E-state index >= 15 is 0 Å². The molecule has 0 aromatic carbocycles. The third kappa shape index (κ3) is 16.4. The van der Waals surface area contributed by atoms with Crippen molar-refractivity contribution in [2.24, 2.45) is 0 Å². The van der Waals surface area contributed by atoms with Crippen LogP contribution in [0.3, 0.4) is 0 Å². The van der Waals surface area contributed by atoms with E-state index in [-0.39, 0.29) is 12.1 Å². The van der Waals surface area contributed by atoms with Crippen LogP contribution >= 0.6 is 11.6 Å². The Morgan fingerprint density at radius 3 is 1.96 bits per heavy atom. The SMILES string of the molecule is CCCCCCCCCCC(CCCC)OC(=O)CCCCCl. The minimum atomic E-state index is -0.0317. The van der Waals surface area contributed by atoms with E-state index < -0.39 is 0 Å². The van der Waals surface area contributed by atoms with Crippen molar-refractivity contribution in [3.63, 3.8) is 0 Å². The summed E-state index contributed by atoms with van der Waals surface area (Å²) < 4.78 is 5.68. The predicted molar refractivity (Wildman–Crippen MR) is 101 cm³/mol. The van der Waals surface area contributed by atoms with Crippen LogP contribution in [0.15, 0.2) is 0 Å². The zero-order chi connectivity index (χ0) is 17.2. The van der Waals surface area contributed by atoms with Crippen molar-refractivity contribution in [3.8, 4) is 0 Å². The second-order valence-corrected chi connectivity index (χ2v) is 7.04. The van der Waals surface area contributed by atoms with Gasteiger partial charge in [-0.25, -0.2) is 0 Å². The van der Waals surface area contributed by atoms with Gasteiger partial charge in [-0.2, -0.15) is 0 Å². The van der Waals surface area contributed by atoms with E-state index in [0.29, 0.717) is 12.3 Å². The van der Waals surface area contributed by atoms with E-state index in [0.717, 1.165) is 38.5 Å². The fourth-order valence-corrected chi connectivity index (χ4v) is 3.00. The number of hydrogen-bond acceptors (Lipinski definition) is 2. The highest BCUT2D eigenvalue weighted by molar-refractivity contribution is 6.17. The third-order valence-electron chi connectivity index (χ3n) is 4.32. The molecule has 0 aliphatic heterocycles. The van der Waals surface area contributed by atoms with Crippen LogP contribution in [0.2, 0.25) is 0 Å². The fraction of sp³-hybridized carbons (Fsp3) is 0.950. The van der Waals surface area contributed by atoms with Crippen LogP contribution in [-0.4, -0.2) is 18.0 Å². The van der Waals surface area contributed by atoms with E-state index in [1.807, 2.05) is 0 Å². The molecular weight excluding hydrogens is 308 g/mol. The van der Waals surface area contributed by atoms with E-state index in [2.05, 4.69) is 13.8 Å². The molecule has 0 rings (SSSR count). The van der Waals surface area contributed by atoms with Crippen molar-refractivity contribution in [2.75, 3.05) is 5.88 Å². The van der Waals surface area contributed by atoms with E-state index in [4.69, 9.17) is 16.3 Å². The number of alkyl halides is 1. The number of carbonyl (C=O) groups is 1. The summed E-state index contributed by atoms with van der Waals surface area (Å²) in [6, 6.07) is 0. The van der Waals surface area contributed by atoms with Crippen LogP contribution < -0.4 is 0 Å². The maximum absolute atomic E-state index is 11.9. The zero-order valence-electron chi connectivity index (χ0n) is 15.6. The largest absolute Gasteiger partial charge is 0.462 e. The Hall–Kier alpha value is -0.240. The van der Waals surface area contributed by atoms with Gasteiger partial charge in [-0.1, -0.05) is 71.6 Å². The number of ether oxygens (including phenoxy) is 1. The number of halogens is 1. The molecule has 0 aromatic rings. The van der Waals surface area contributed by atoms with Gasteiger partial charge < -0.3 is 4.74 Å². The number of rotatable bonds is 17. The van der Waals surface area contributed by atoms with Crippen molar-refractivity contribution in [2.45, 2.75) is 116 Å². The van der Waals surface area contributed by atoms with Gasteiger partial charge in [-0.05, 0) is 32.1 Å². The van der Waals surface area contributed by atoms with Crippen molar-refractivity contribution >= 4 is 17.6 Å². The van der Waals surface area contributed by atoms with Gasteiger partial charge in [-0.3, -0.25) is 4.79 Å². The lowest BCUT2D eigenvalue weighted by atomic mass is 10.0. The molecule has 23 heavy (non-hydrogen) atoms. The summed E-state index contributed by atoms with van der Waals surface area (Å²) in [5.41, 5.74) is 0. The second-order valence-electron chi connectivity index (χ2n) is 6.66. The van der Waals surface area contributed by atoms with Crippen LogP contribution in [0.4, 0.5) is 0 Å². The number of esters is 1. The lowest BCUT2D eigenvalue weighted by Crippen LogP contribution is -2.18. The summed E-state index contributed by atoms with van der Waals surface area (Å²) in [4.78, 5) is 11.9. The van der Waals surface area contributed by atoms with Gasteiger partial charge in [0.05, 0.1) is 0 Å². The summed E-state index contributed by atoms with van der Waals surface area (Å²) in [5.74, 6) is 0.598. The van der Waals surface area contributed by atoms with Crippen molar-refractivity contribution in [1.29, 1.82) is 0 Å². The van der Waals surface area contributed by atoms with Gasteiger partial charge in [0.1, 0.15) is 6.10 Å². The lowest BCUT2D eigenvalue weighted by Gasteiger charge is -2.18. The molecular formula is C20H39ClO2. The molecule has 2 nitrogen and oxygen atoms in total.